The number of benzene rings is 2. The van der Waals surface area contributed by atoms with E-state index in [1.807, 2.05) is 0 Å². The molecule has 0 heterocycles. The Morgan fingerprint density at radius 1 is 1.00 bits per heavy atom. The minimum absolute atomic E-state index is 0.315. The number of Topliss-reactive ketones (excluding diaryl/α,β-unsaturated/α-hetero) is 1. The van der Waals surface area contributed by atoms with Gasteiger partial charge in [0.15, 0.2) is 5.78 Å². The van der Waals surface area contributed by atoms with Crippen LogP contribution in [0.25, 0.3) is 16.7 Å². The Morgan fingerprint density at radius 2 is 1.78 bits per heavy atom. The third kappa shape index (κ3) is 5.42. The van der Waals surface area contributed by atoms with Crippen molar-refractivity contribution in [1.82, 2.24) is 0 Å². The highest BCUT2D eigenvalue weighted by atomic mass is 16.1. The Bertz CT molecular complexity index is 959. The number of carbonyl (C=O) groups excluding carboxylic acids is 1. The van der Waals surface area contributed by atoms with Crippen molar-refractivity contribution in [1.29, 1.82) is 0 Å². The fourth-order valence-corrected chi connectivity index (χ4v) is 5.29. The molecule has 0 amide bonds. The lowest BCUT2D eigenvalue weighted by Crippen LogP contribution is -2.02. The zero-order valence-corrected chi connectivity index (χ0v) is 21.0. The van der Waals surface area contributed by atoms with Gasteiger partial charge in [0, 0.05) is 12.0 Å². The lowest BCUT2D eigenvalue weighted by molar-refractivity contribution is 0.0994. The number of unbranched alkanes of at least 4 members (excludes halogenated alkanes) is 1. The molecule has 0 spiro atoms. The molecule has 1 aliphatic carbocycles. The molecular formula is C31H42O. The molecule has 2 aromatic carbocycles. The quantitative estimate of drug-likeness (QED) is 0.347. The first-order chi connectivity index (χ1) is 15.5. The van der Waals surface area contributed by atoms with Crippen molar-refractivity contribution in [3.63, 3.8) is 0 Å². The first-order valence-electron chi connectivity index (χ1n) is 13.0. The van der Waals surface area contributed by atoms with Gasteiger partial charge in [0.05, 0.1) is 0 Å². The minimum atomic E-state index is 0.315. The number of carbonyl (C=O) groups is 1. The minimum Gasteiger partial charge on any atom is -0.294 e. The maximum absolute atomic E-state index is 12.6. The summed E-state index contributed by atoms with van der Waals surface area (Å²) in [7, 11) is 0. The normalized spacial score (nSPS) is 13.8. The standard InChI is InChI=1S/C31H42O/c1-6-10-13-24(9-4)26-16-15-22(5)29(21-26)31-25(14-11-12-23(7-2)8-3)17-18-27-28(31)19-20-30(27)32/h13,15-18,21,23H,6-12,14,19-20H2,1-5H3/b24-13+. The van der Waals surface area contributed by atoms with Gasteiger partial charge in [-0.15, -0.1) is 0 Å². The molecule has 0 N–H and O–H groups in total. The first-order valence-corrected chi connectivity index (χ1v) is 13.0. The SMILES string of the molecule is CCC/C=C(\CC)c1ccc(C)c(-c2c(CCCC(CC)CC)ccc3c2CCC3=O)c1. The summed E-state index contributed by atoms with van der Waals surface area (Å²) in [4.78, 5) is 12.6. The largest absolute Gasteiger partial charge is 0.294 e. The summed E-state index contributed by atoms with van der Waals surface area (Å²) in [6.45, 7) is 11.3. The lowest BCUT2D eigenvalue weighted by Gasteiger charge is -2.19. The molecule has 0 saturated carbocycles. The van der Waals surface area contributed by atoms with Gasteiger partial charge in [-0.25, -0.2) is 0 Å². The summed E-state index contributed by atoms with van der Waals surface area (Å²) in [6, 6.07) is 11.3. The Morgan fingerprint density at radius 3 is 2.47 bits per heavy atom. The van der Waals surface area contributed by atoms with E-state index < -0.39 is 0 Å². The monoisotopic (exact) mass is 430 g/mol. The molecular weight excluding hydrogens is 388 g/mol. The maximum atomic E-state index is 12.6. The summed E-state index contributed by atoms with van der Waals surface area (Å²) in [6.07, 6.45) is 13.5. The molecule has 0 unspecified atom stereocenters. The predicted molar refractivity (Wildman–Crippen MR) is 139 cm³/mol. The van der Waals surface area contributed by atoms with Gasteiger partial charge in [0.25, 0.3) is 0 Å². The van der Waals surface area contributed by atoms with E-state index in [-0.39, 0.29) is 0 Å². The van der Waals surface area contributed by atoms with E-state index in [0.717, 1.165) is 37.2 Å². The van der Waals surface area contributed by atoms with Crippen LogP contribution in [0.3, 0.4) is 0 Å². The number of hydrogen-bond acceptors (Lipinski definition) is 1. The van der Waals surface area contributed by atoms with Crippen molar-refractivity contribution in [2.75, 3.05) is 0 Å². The molecule has 1 heteroatoms. The van der Waals surface area contributed by atoms with Crippen molar-refractivity contribution < 1.29 is 4.79 Å². The zero-order chi connectivity index (χ0) is 23.1. The third-order valence-corrected chi connectivity index (χ3v) is 7.45. The molecule has 2 aromatic rings. The van der Waals surface area contributed by atoms with E-state index in [1.54, 1.807) is 0 Å². The van der Waals surface area contributed by atoms with Crippen molar-refractivity contribution in [3.05, 3.63) is 64.2 Å². The van der Waals surface area contributed by atoms with Gasteiger partial charge in [0.2, 0.25) is 0 Å². The predicted octanol–water partition coefficient (Wildman–Crippen LogP) is 9.14. The summed E-state index contributed by atoms with van der Waals surface area (Å²) in [5, 5.41) is 0. The molecule has 32 heavy (non-hydrogen) atoms. The fourth-order valence-electron chi connectivity index (χ4n) is 5.29. The lowest BCUT2D eigenvalue weighted by atomic mass is 9.85. The van der Waals surface area contributed by atoms with Crippen LogP contribution >= 0.6 is 0 Å². The van der Waals surface area contributed by atoms with E-state index in [9.17, 15) is 4.79 Å². The molecule has 1 aliphatic rings. The van der Waals surface area contributed by atoms with E-state index in [0.29, 0.717) is 12.2 Å². The van der Waals surface area contributed by atoms with E-state index in [2.05, 4.69) is 71.0 Å². The van der Waals surface area contributed by atoms with Crippen LogP contribution in [-0.4, -0.2) is 5.78 Å². The number of hydrogen-bond donors (Lipinski definition) is 0. The number of allylic oxidation sites excluding steroid dienone is 2. The highest BCUT2D eigenvalue weighted by Gasteiger charge is 2.25. The maximum Gasteiger partial charge on any atom is 0.163 e. The van der Waals surface area contributed by atoms with Crippen molar-refractivity contribution in [2.24, 2.45) is 5.92 Å². The van der Waals surface area contributed by atoms with Crippen LogP contribution in [0.5, 0.6) is 0 Å². The molecule has 3 rings (SSSR count). The van der Waals surface area contributed by atoms with Crippen LogP contribution in [0.4, 0.5) is 0 Å². The van der Waals surface area contributed by atoms with Crippen LogP contribution in [0.2, 0.25) is 0 Å². The molecule has 0 atom stereocenters. The Labute approximate surface area is 196 Å². The van der Waals surface area contributed by atoms with Crippen LogP contribution in [0, 0.1) is 12.8 Å². The van der Waals surface area contributed by atoms with Gasteiger partial charge in [-0.2, -0.15) is 0 Å². The van der Waals surface area contributed by atoms with Gasteiger partial charge >= 0.3 is 0 Å². The van der Waals surface area contributed by atoms with Crippen molar-refractivity contribution in [3.8, 4) is 11.1 Å². The molecule has 1 nitrogen and oxygen atoms in total. The van der Waals surface area contributed by atoms with E-state index in [1.165, 1.54) is 71.1 Å². The molecule has 0 aliphatic heterocycles. The van der Waals surface area contributed by atoms with Crippen LogP contribution in [0.15, 0.2) is 36.4 Å². The van der Waals surface area contributed by atoms with Crippen LogP contribution in [0.1, 0.15) is 112 Å². The number of rotatable bonds is 11. The molecule has 0 radical (unpaired) electrons. The molecule has 0 bridgehead atoms. The summed E-state index contributed by atoms with van der Waals surface area (Å²) >= 11 is 0. The molecule has 172 valence electrons. The summed E-state index contributed by atoms with van der Waals surface area (Å²) in [5.41, 5.74) is 10.5. The zero-order valence-electron chi connectivity index (χ0n) is 21.0. The van der Waals surface area contributed by atoms with Gasteiger partial charge in [-0.05, 0) is 90.0 Å². The molecule has 0 saturated heterocycles. The highest BCUT2D eigenvalue weighted by molar-refractivity contribution is 6.03. The number of aryl methyl sites for hydroxylation is 2. The van der Waals surface area contributed by atoms with Crippen molar-refractivity contribution in [2.45, 2.75) is 98.8 Å². The number of ketones is 1. The Hall–Kier alpha value is -2.15. The van der Waals surface area contributed by atoms with Gasteiger partial charge in [-0.3, -0.25) is 4.79 Å². The highest BCUT2D eigenvalue weighted by Crippen LogP contribution is 2.39. The second-order valence-electron chi connectivity index (χ2n) is 9.53. The third-order valence-electron chi connectivity index (χ3n) is 7.45. The Kier molecular flexibility index (Phi) is 8.91. The smallest absolute Gasteiger partial charge is 0.163 e. The van der Waals surface area contributed by atoms with Crippen LogP contribution < -0.4 is 0 Å². The second-order valence-corrected chi connectivity index (χ2v) is 9.53. The second kappa shape index (κ2) is 11.6. The van der Waals surface area contributed by atoms with Crippen LogP contribution in [-0.2, 0) is 12.8 Å². The van der Waals surface area contributed by atoms with Gasteiger partial charge in [-0.1, -0.05) is 83.7 Å². The fraction of sp³-hybridized carbons (Fsp3) is 0.516. The van der Waals surface area contributed by atoms with E-state index in [4.69, 9.17) is 0 Å². The number of fused-ring (bicyclic) bond motifs is 1. The summed E-state index contributed by atoms with van der Waals surface area (Å²) in [5.74, 6) is 1.14. The average Bonchev–Trinajstić information content (AvgIpc) is 3.19. The van der Waals surface area contributed by atoms with Gasteiger partial charge < -0.3 is 0 Å². The topological polar surface area (TPSA) is 17.1 Å². The summed E-state index contributed by atoms with van der Waals surface area (Å²) < 4.78 is 0. The first kappa shape index (κ1) is 24.5. The van der Waals surface area contributed by atoms with Gasteiger partial charge in [0.1, 0.15) is 0 Å². The average molecular weight is 431 g/mol. The Balaban J connectivity index is 2.05. The van der Waals surface area contributed by atoms with Crippen molar-refractivity contribution >= 4 is 11.4 Å². The molecule has 0 fully saturated rings. The molecule has 0 aromatic heterocycles. The van der Waals surface area contributed by atoms with E-state index >= 15 is 0 Å².